The summed E-state index contributed by atoms with van der Waals surface area (Å²) < 4.78 is 23.7. The molecule has 0 aromatic heterocycles. The van der Waals surface area contributed by atoms with Crippen LogP contribution < -0.4 is 5.32 Å². The number of aliphatic hydroxyl groups is 1. The van der Waals surface area contributed by atoms with Gasteiger partial charge in [0.1, 0.15) is 13.2 Å². The van der Waals surface area contributed by atoms with E-state index in [4.69, 9.17) is 9.05 Å². The number of unbranched alkanes of at least 4 members (excludes halogenated alkanes) is 30. The van der Waals surface area contributed by atoms with E-state index in [0.29, 0.717) is 23.9 Å². The molecule has 3 N–H and O–H groups in total. The molecular formula is C48H98N2O6P+. The summed E-state index contributed by atoms with van der Waals surface area (Å²) in [6.07, 6.45) is 46.7. The van der Waals surface area contributed by atoms with Gasteiger partial charge in [0.15, 0.2) is 0 Å². The quantitative estimate of drug-likeness (QED) is 0.0244. The van der Waals surface area contributed by atoms with Crippen molar-refractivity contribution in [1.29, 1.82) is 0 Å². The predicted molar refractivity (Wildman–Crippen MR) is 245 cm³/mol. The second-order valence-electron chi connectivity index (χ2n) is 18.2. The molecule has 3 unspecified atom stereocenters. The Balaban J connectivity index is 4.25. The van der Waals surface area contributed by atoms with Crippen molar-refractivity contribution >= 4 is 13.7 Å². The van der Waals surface area contributed by atoms with E-state index in [-0.39, 0.29) is 19.1 Å². The fourth-order valence-corrected chi connectivity index (χ4v) is 8.07. The Bertz CT molecular complexity index is 942. The average molecular weight is 830 g/mol. The van der Waals surface area contributed by atoms with E-state index in [0.717, 1.165) is 38.5 Å². The summed E-state index contributed by atoms with van der Waals surface area (Å²) >= 11 is 0. The summed E-state index contributed by atoms with van der Waals surface area (Å²) in [6, 6.07) is -0.758. The van der Waals surface area contributed by atoms with Gasteiger partial charge in [0, 0.05) is 6.42 Å². The van der Waals surface area contributed by atoms with E-state index in [2.05, 4.69) is 31.3 Å². The predicted octanol–water partition coefficient (Wildman–Crippen LogP) is 13.9. The average Bonchev–Trinajstić information content (AvgIpc) is 3.16. The Morgan fingerprint density at radius 3 is 1.35 bits per heavy atom. The fourth-order valence-electron chi connectivity index (χ4n) is 7.34. The number of likely N-dealkylation sites (N-methyl/N-ethyl adjacent to an activating group) is 1. The van der Waals surface area contributed by atoms with Gasteiger partial charge in [0.25, 0.3) is 0 Å². The lowest BCUT2D eigenvalue weighted by Crippen LogP contribution is -2.46. The highest BCUT2D eigenvalue weighted by atomic mass is 31.2. The van der Waals surface area contributed by atoms with Crippen molar-refractivity contribution in [1.82, 2.24) is 5.32 Å². The van der Waals surface area contributed by atoms with Gasteiger partial charge in [-0.2, -0.15) is 0 Å². The first kappa shape index (κ1) is 56.2. The van der Waals surface area contributed by atoms with Crippen molar-refractivity contribution < 1.29 is 32.9 Å². The largest absolute Gasteiger partial charge is 0.472 e. The second-order valence-corrected chi connectivity index (χ2v) is 19.6. The molecular weight excluding hydrogens is 732 g/mol. The molecule has 0 aliphatic carbocycles. The molecule has 0 aromatic rings. The Labute approximate surface area is 354 Å². The molecule has 0 heterocycles. The number of aliphatic hydroxyl groups excluding tert-OH is 1. The van der Waals surface area contributed by atoms with E-state index >= 15 is 0 Å². The molecule has 0 fully saturated rings. The number of carbonyl (C=O) groups excluding carboxylic acids is 1. The van der Waals surface area contributed by atoms with Crippen LogP contribution in [0.25, 0.3) is 0 Å². The topological polar surface area (TPSA) is 105 Å². The van der Waals surface area contributed by atoms with Crippen LogP contribution in [0.1, 0.15) is 239 Å². The summed E-state index contributed by atoms with van der Waals surface area (Å²) in [4.78, 5) is 23.2. The summed E-state index contributed by atoms with van der Waals surface area (Å²) in [5, 5.41) is 14.0. The van der Waals surface area contributed by atoms with Gasteiger partial charge in [-0.3, -0.25) is 13.8 Å². The van der Waals surface area contributed by atoms with Crippen molar-refractivity contribution in [3.8, 4) is 0 Å². The second kappa shape index (κ2) is 40.6. The Morgan fingerprint density at radius 2 is 0.947 bits per heavy atom. The SMILES string of the molecule is CCCCCCCCCCCC/C=C\CCCCCCCCCC(=O)NC(COP(=O)(O)OCC[N+](C)(C)C)C(O)CCCCCCCCCCCCCCCC. The summed E-state index contributed by atoms with van der Waals surface area (Å²) in [6.45, 7) is 4.90. The molecule has 0 saturated carbocycles. The minimum atomic E-state index is -4.31. The molecule has 3 atom stereocenters. The third-order valence-corrected chi connectivity index (χ3v) is 12.2. The van der Waals surface area contributed by atoms with Crippen molar-refractivity contribution in [3.05, 3.63) is 12.2 Å². The molecule has 9 heteroatoms. The smallest absolute Gasteiger partial charge is 0.391 e. The number of carbonyl (C=O) groups is 1. The number of nitrogens with one attached hydrogen (secondary N) is 1. The van der Waals surface area contributed by atoms with Crippen LogP contribution in [0.5, 0.6) is 0 Å². The van der Waals surface area contributed by atoms with Crippen LogP contribution >= 0.6 is 7.82 Å². The van der Waals surface area contributed by atoms with Gasteiger partial charge in [-0.15, -0.1) is 0 Å². The van der Waals surface area contributed by atoms with Crippen molar-refractivity contribution in [2.24, 2.45) is 0 Å². The molecule has 0 spiro atoms. The van der Waals surface area contributed by atoms with Gasteiger partial charge >= 0.3 is 7.82 Å². The minimum absolute atomic E-state index is 0.0758. The molecule has 0 aliphatic heterocycles. The molecule has 340 valence electrons. The zero-order chi connectivity index (χ0) is 42.1. The van der Waals surface area contributed by atoms with Crippen LogP contribution in [-0.2, 0) is 18.4 Å². The van der Waals surface area contributed by atoms with Gasteiger partial charge < -0.3 is 19.8 Å². The maximum absolute atomic E-state index is 12.9. The minimum Gasteiger partial charge on any atom is -0.391 e. The number of hydrogen-bond donors (Lipinski definition) is 3. The van der Waals surface area contributed by atoms with Crippen LogP contribution in [0.3, 0.4) is 0 Å². The van der Waals surface area contributed by atoms with Crippen molar-refractivity contribution in [2.45, 2.75) is 251 Å². The van der Waals surface area contributed by atoms with Gasteiger partial charge in [0.05, 0.1) is 39.9 Å². The lowest BCUT2D eigenvalue weighted by atomic mass is 10.0. The number of quaternary nitrogens is 1. The number of allylic oxidation sites excluding steroid dienone is 2. The molecule has 0 rings (SSSR count). The number of phosphoric ester groups is 1. The summed E-state index contributed by atoms with van der Waals surface area (Å²) in [5.74, 6) is -0.146. The maximum atomic E-state index is 12.9. The Morgan fingerprint density at radius 1 is 0.579 bits per heavy atom. The highest BCUT2D eigenvalue weighted by Crippen LogP contribution is 2.43. The fraction of sp³-hybridized carbons (Fsp3) is 0.938. The van der Waals surface area contributed by atoms with E-state index < -0.39 is 20.0 Å². The monoisotopic (exact) mass is 830 g/mol. The molecule has 0 saturated heterocycles. The van der Waals surface area contributed by atoms with E-state index in [1.54, 1.807) is 0 Å². The molecule has 1 amide bonds. The molecule has 0 bridgehead atoms. The lowest BCUT2D eigenvalue weighted by Gasteiger charge is -2.26. The van der Waals surface area contributed by atoms with Crippen LogP contribution in [-0.4, -0.2) is 73.4 Å². The van der Waals surface area contributed by atoms with Gasteiger partial charge in [-0.1, -0.05) is 206 Å². The number of rotatable bonds is 45. The highest BCUT2D eigenvalue weighted by molar-refractivity contribution is 7.47. The Hall–Kier alpha value is -0.760. The van der Waals surface area contributed by atoms with Crippen LogP contribution in [0.2, 0.25) is 0 Å². The number of hydrogen-bond acceptors (Lipinski definition) is 5. The van der Waals surface area contributed by atoms with Crippen LogP contribution in [0.4, 0.5) is 0 Å². The Kier molecular flexibility index (Phi) is 40.1. The number of amides is 1. The van der Waals surface area contributed by atoms with Crippen LogP contribution in [0, 0.1) is 0 Å². The first-order chi connectivity index (χ1) is 27.5. The molecule has 8 nitrogen and oxygen atoms in total. The zero-order valence-corrected chi connectivity index (χ0v) is 39.5. The van der Waals surface area contributed by atoms with Crippen molar-refractivity contribution in [2.75, 3.05) is 40.9 Å². The van der Waals surface area contributed by atoms with Gasteiger partial charge in [-0.05, 0) is 38.5 Å². The first-order valence-corrected chi connectivity index (χ1v) is 26.0. The summed E-state index contributed by atoms with van der Waals surface area (Å²) in [7, 11) is 1.62. The third kappa shape index (κ3) is 43.1. The standard InChI is InChI=1S/C48H97N2O6P/c1-6-8-10-12-14-16-18-20-22-23-24-25-26-27-28-30-32-34-36-38-40-42-48(52)49-46(45-56-57(53,54)55-44-43-50(3,4)5)47(51)41-39-37-35-33-31-29-21-19-17-15-13-11-9-7-2/h25-26,46-47,51H,6-24,27-45H2,1-5H3,(H-,49,52,53,54)/p+1/b26-25-. The molecule has 0 aliphatic rings. The van der Waals surface area contributed by atoms with E-state index in [1.807, 2.05) is 21.1 Å². The highest BCUT2D eigenvalue weighted by Gasteiger charge is 2.28. The third-order valence-electron chi connectivity index (χ3n) is 11.3. The van der Waals surface area contributed by atoms with Crippen LogP contribution in [0.15, 0.2) is 12.2 Å². The van der Waals surface area contributed by atoms with Gasteiger partial charge in [-0.25, -0.2) is 4.57 Å². The summed E-state index contributed by atoms with van der Waals surface area (Å²) in [5.41, 5.74) is 0. The molecule has 0 aromatic carbocycles. The van der Waals surface area contributed by atoms with Crippen molar-refractivity contribution in [3.63, 3.8) is 0 Å². The molecule has 0 radical (unpaired) electrons. The lowest BCUT2D eigenvalue weighted by molar-refractivity contribution is -0.870. The van der Waals surface area contributed by atoms with E-state index in [1.165, 1.54) is 173 Å². The van der Waals surface area contributed by atoms with E-state index in [9.17, 15) is 19.4 Å². The maximum Gasteiger partial charge on any atom is 0.472 e. The number of phosphoric acid groups is 1. The first-order valence-electron chi connectivity index (χ1n) is 24.6. The number of nitrogens with zero attached hydrogens (tertiary/aromatic N) is 1. The zero-order valence-electron chi connectivity index (χ0n) is 38.6. The van der Waals surface area contributed by atoms with Gasteiger partial charge in [0.2, 0.25) is 5.91 Å². The normalized spacial score (nSPS) is 14.3. The molecule has 57 heavy (non-hydrogen) atoms.